The van der Waals surface area contributed by atoms with Crippen LogP contribution in [0.15, 0.2) is 24.3 Å². The highest BCUT2D eigenvalue weighted by Crippen LogP contribution is 2.22. The summed E-state index contributed by atoms with van der Waals surface area (Å²) in [4.78, 5) is 25.1. The number of hydrogen-bond donors (Lipinski definition) is 1. The molecule has 1 aliphatic rings. The van der Waals surface area contributed by atoms with E-state index in [1.54, 1.807) is 29.2 Å². The lowest BCUT2D eigenvalue weighted by molar-refractivity contribution is -0.135. The molecule has 0 spiro atoms. The third kappa shape index (κ3) is 5.71. The van der Waals surface area contributed by atoms with Gasteiger partial charge in [-0.1, -0.05) is 6.07 Å². The molecular weight excluding hydrogens is 346 g/mol. The Balaban J connectivity index is 2.11. The van der Waals surface area contributed by atoms with E-state index in [4.69, 9.17) is 4.74 Å². The Morgan fingerprint density at radius 1 is 1.28 bits per heavy atom. The van der Waals surface area contributed by atoms with Gasteiger partial charge in [-0.15, -0.1) is 0 Å². The minimum atomic E-state index is -3.56. The second-order valence-electron chi connectivity index (χ2n) is 5.81. The zero-order valence-corrected chi connectivity index (χ0v) is 15.2. The number of anilines is 2. The van der Waals surface area contributed by atoms with Gasteiger partial charge in [-0.05, 0) is 18.2 Å². The van der Waals surface area contributed by atoms with Gasteiger partial charge in [0, 0.05) is 38.7 Å². The molecular formula is C16H23N3O5S. The van der Waals surface area contributed by atoms with Crippen molar-refractivity contribution in [1.82, 2.24) is 4.90 Å². The third-order valence-electron chi connectivity index (χ3n) is 3.75. The summed E-state index contributed by atoms with van der Waals surface area (Å²) in [6.45, 7) is 3.46. The van der Waals surface area contributed by atoms with E-state index in [0.717, 1.165) is 6.26 Å². The molecule has 1 aliphatic heterocycles. The summed E-state index contributed by atoms with van der Waals surface area (Å²) in [5.74, 6) is -0.347. The minimum absolute atomic E-state index is 0.0402. The Morgan fingerprint density at radius 3 is 2.56 bits per heavy atom. The predicted octanol–water partition coefficient (Wildman–Crippen LogP) is 0.660. The van der Waals surface area contributed by atoms with Crippen molar-refractivity contribution in [3.8, 4) is 0 Å². The standard InChI is InChI=1S/C16H23N3O5S/c1-13(20)17-14-4-3-5-15(12-14)19(25(2,22)23)7-6-16(21)18-8-10-24-11-9-18/h3-5,12H,6-11H2,1-2H3,(H,17,20). The summed E-state index contributed by atoms with van der Waals surface area (Å²) in [6, 6.07) is 6.53. The van der Waals surface area contributed by atoms with Gasteiger partial charge in [-0.2, -0.15) is 0 Å². The van der Waals surface area contributed by atoms with E-state index in [-0.39, 0.29) is 24.8 Å². The summed E-state index contributed by atoms with van der Waals surface area (Å²) in [7, 11) is -3.56. The summed E-state index contributed by atoms with van der Waals surface area (Å²) in [5.41, 5.74) is 0.904. The van der Waals surface area contributed by atoms with Gasteiger partial charge in [0.15, 0.2) is 0 Å². The number of benzene rings is 1. The van der Waals surface area contributed by atoms with E-state index in [1.165, 1.54) is 11.2 Å². The van der Waals surface area contributed by atoms with Crippen LogP contribution in [0.4, 0.5) is 11.4 Å². The lowest BCUT2D eigenvalue weighted by Gasteiger charge is -2.28. The van der Waals surface area contributed by atoms with Crippen LogP contribution in [-0.2, 0) is 24.3 Å². The van der Waals surface area contributed by atoms with Crippen molar-refractivity contribution in [2.24, 2.45) is 0 Å². The molecule has 1 heterocycles. The zero-order chi connectivity index (χ0) is 18.4. The van der Waals surface area contributed by atoms with Gasteiger partial charge in [0.05, 0.1) is 25.2 Å². The van der Waals surface area contributed by atoms with Crippen LogP contribution in [0.5, 0.6) is 0 Å². The number of sulfonamides is 1. The Labute approximate surface area is 147 Å². The van der Waals surface area contributed by atoms with E-state index in [9.17, 15) is 18.0 Å². The number of amides is 2. The highest BCUT2D eigenvalue weighted by atomic mass is 32.2. The fraction of sp³-hybridized carbons (Fsp3) is 0.500. The molecule has 1 aromatic rings. The van der Waals surface area contributed by atoms with Crippen LogP contribution in [0, 0.1) is 0 Å². The first-order valence-electron chi connectivity index (χ1n) is 7.98. The molecule has 0 aromatic heterocycles. The van der Waals surface area contributed by atoms with E-state index < -0.39 is 10.0 Å². The van der Waals surface area contributed by atoms with Crippen LogP contribution in [0.1, 0.15) is 13.3 Å². The quantitative estimate of drug-likeness (QED) is 0.795. The van der Waals surface area contributed by atoms with Crippen molar-refractivity contribution in [3.63, 3.8) is 0 Å². The molecule has 0 aliphatic carbocycles. The molecule has 1 aromatic carbocycles. The molecule has 1 N–H and O–H groups in total. The van der Waals surface area contributed by atoms with E-state index in [1.807, 2.05) is 0 Å². The molecule has 0 unspecified atom stereocenters. The molecule has 1 saturated heterocycles. The minimum Gasteiger partial charge on any atom is -0.378 e. The molecule has 2 rings (SSSR count). The van der Waals surface area contributed by atoms with Crippen molar-refractivity contribution < 1.29 is 22.7 Å². The SMILES string of the molecule is CC(=O)Nc1cccc(N(CCC(=O)N2CCOCC2)S(C)(=O)=O)c1. The summed E-state index contributed by atoms with van der Waals surface area (Å²) in [5, 5.41) is 2.62. The number of ether oxygens (including phenoxy) is 1. The van der Waals surface area contributed by atoms with Crippen molar-refractivity contribution >= 4 is 33.2 Å². The average Bonchev–Trinajstić information content (AvgIpc) is 2.54. The number of morpholine rings is 1. The van der Waals surface area contributed by atoms with Gasteiger partial charge >= 0.3 is 0 Å². The molecule has 0 bridgehead atoms. The lowest BCUT2D eigenvalue weighted by atomic mass is 10.2. The Hall–Kier alpha value is -2.13. The second-order valence-corrected chi connectivity index (χ2v) is 7.72. The van der Waals surface area contributed by atoms with Crippen molar-refractivity contribution in [2.75, 3.05) is 48.7 Å². The first kappa shape index (κ1) is 19.2. The van der Waals surface area contributed by atoms with Crippen molar-refractivity contribution in [2.45, 2.75) is 13.3 Å². The van der Waals surface area contributed by atoms with Gasteiger partial charge in [0.1, 0.15) is 0 Å². The monoisotopic (exact) mass is 369 g/mol. The van der Waals surface area contributed by atoms with Crippen LogP contribution in [0.2, 0.25) is 0 Å². The molecule has 1 fully saturated rings. The van der Waals surface area contributed by atoms with Crippen molar-refractivity contribution in [3.05, 3.63) is 24.3 Å². The molecule has 9 heteroatoms. The number of carbonyl (C=O) groups excluding carboxylic acids is 2. The van der Waals surface area contributed by atoms with Gasteiger partial charge < -0.3 is 15.0 Å². The van der Waals surface area contributed by atoms with Gasteiger partial charge in [0.25, 0.3) is 0 Å². The van der Waals surface area contributed by atoms with E-state index >= 15 is 0 Å². The smallest absolute Gasteiger partial charge is 0.232 e. The topological polar surface area (TPSA) is 96.0 Å². The summed E-state index contributed by atoms with van der Waals surface area (Å²) in [6.07, 6.45) is 1.18. The summed E-state index contributed by atoms with van der Waals surface area (Å²) >= 11 is 0. The van der Waals surface area contributed by atoms with Crippen LogP contribution >= 0.6 is 0 Å². The molecule has 0 atom stereocenters. The lowest BCUT2D eigenvalue weighted by Crippen LogP contribution is -2.42. The summed E-state index contributed by atoms with van der Waals surface area (Å²) < 4.78 is 30.7. The fourth-order valence-corrected chi connectivity index (χ4v) is 3.52. The molecule has 0 saturated carbocycles. The molecule has 25 heavy (non-hydrogen) atoms. The van der Waals surface area contributed by atoms with Crippen LogP contribution in [-0.4, -0.2) is 64.2 Å². The van der Waals surface area contributed by atoms with E-state index in [2.05, 4.69) is 5.32 Å². The largest absolute Gasteiger partial charge is 0.378 e. The molecule has 8 nitrogen and oxygen atoms in total. The number of nitrogens with one attached hydrogen (secondary N) is 1. The van der Waals surface area contributed by atoms with Crippen LogP contribution in [0.3, 0.4) is 0 Å². The van der Waals surface area contributed by atoms with Crippen LogP contribution < -0.4 is 9.62 Å². The zero-order valence-electron chi connectivity index (χ0n) is 14.4. The third-order valence-corrected chi connectivity index (χ3v) is 4.94. The number of nitrogens with zero attached hydrogens (tertiary/aromatic N) is 2. The first-order valence-corrected chi connectivity index (χ1v) is 9.83. The number of hydrogen-bond acceptors (Lipinski definition) is 5. The highest BCUT2D eigenvalue weighted by molar-refractivity contribution is 7.92. The molecule has 138 valence electrons. The second kappa shape index (κ2) is 8.30. The van der Waals surface area contributed by atoms with Crippen LogP contribution in [0.25, 0.3) is 0 Å². The molecule has 2 amide bonds. The Morgan fingerprint density at radius 2 is 1.96 bits per heavy atom. The first-order chi connectivity index (χ1) is 11.8. The molecule has 0 radical (unpaired) electrons. The normalized spacial score (nSPS) is 14.9. The maximum Gasteiger partial charge on any atom is 0.232 e. The predicted molar refractivity (Wildman–Crippen MR) is 95.0 cm³/mol. The fourth-order valence-electron chi connectivity index (χ4n) is 2.60. The van der Waals surface area contributed by atoms with Crippen molar-refractivity contribution in [1.29, 1.82) is 0 Å². The maximum absolute atomic E-state index is 12.3. The highest BCUT2D eigenvalue weighted by Gasteiger charge is 2.22. The van der Waals surface area contributed by atoms with E-state index in [0.29, 0.717) is 37.7 Å². The Bertz CT molecular complexity index is 729. The van der Waals surface area contributed by atoms with Gasteiger partial charge in [-0.3, -0.25) is 13.9 Å². The van der Waals surface area contributed by atoms with Gasteiger partial charge in [0.2, 0.25) is 21.8 Å². The Kier molecular flexibility index (Phi) is 6.38. The average molecular weight is 369 g/mol. The van der Waals surface area contributed by atoms with Gasteiger partial charge in [-0.25, -0.2) is 8.42 Å². The number of rotatable bonds is 6. The number of carbonyl (C=O) groups is 2. The maximum atomic E-state index is 12.3.